The maximum absolute atomic E-state index is 12.7. The Bertz CT molecular complexity index is 984. The summed E-state index contributed by atoms with van der Waals surface area (Å²) in [4.78, 5) is 31.9. The fraction of sp³-hybridized carbons (Fsp3) is 0.520. The number of urea groups is 1. The van der Waals surface area contributed by atoms with Crippen LogP contribution >= 0.6 is 0 Å². The summed E-state index contributed by atoms with van der Waals surface area (Å²) >= 11 is 0. The third-order valence-electron chi connectivity index (χ3n) is 6.80. The van der Waals surface area contributed by atoms with E-state index in [1.165, 1.54) is 22.0 Å². The Hall–Kier alpha value is -2.64. The van der Waals surface area contributed by atoms with E-state index in [1.807, 2.05) is 17.9 Å². The molecule has 7 heteroatoms. The second-order valence-electron chi connectivity index (χ2n) is 9.15. The molecule has 0 spiro atoms. The molecular formula is C25H35N5O2. The van der Waals surface area contributed by atoms with Crippen LogP contribution < -0.4 is 10.6 Å². The van der Waals surface area contributed by atoms with E-state index in [9.17, 15) is 9.59 Å². The first-order chi connectivity index (χ1) is 15.5. The normalized spacial score (nSPS) is 22.4. The number of rotatable bonds is 9. The largest absolute Gasteiger partial charge is 0.361 e. The van der Waals surface area contributed by atoms with Gasteiger partial charge in [-0.15, -0.1) is 6.58 Å². The fourth-order valence-corrected chi connectivity index (χ4v) is 5.57. The molecule has 0 unspecified atom stereocenters. The Morgan fingerprint density at radius 3 is 2.97 bits per heavy atom. The molecule has 3 atom stereocenters. The predicted octanol–water partition coefficient (Wildman–Crippen LogP) is 2.85. The number of likely N-dealkylation sites (tertiary alicyclic amines) is 1. The number of H-pyrrole nitrogens is 1. The minimum Gasteiger partial charge on any atom is -0.361 e. The number of nitrogens with one attached hydrogen (secondary N) is 3. The zero-order valence-corrected chi connectivity index (χ0v) is 19.2. The average Bonchev–Trinajstić information content (AvgIpc) is 3.18. The highest BCUT2D eigenvalue weighted by molar-refractivity contribution is 5.88. The van der Waals surface area contributed by atoms with E-state index in [2.05, 4.69) is 51.5 Å². The minimum absolute atomic E-state index is 0.0659. The summed E-state index contributed by atoms with van der Waals surface area (Å²) in [7, 11) is 0. The number of fused-ring (bicyclic) bond motifs is 2. The Morgan fingerprint density at radius 2 is 2.22 bits per heavy atom. The van der Waals surface area contributed by atoms with Gasteiger partial charge in [-0.3, -0.25) is 15.0 Å². The maximum atomic E-state index is 12.7. The molecule has 3 N–H and O–H groups in total. The minimum atomic E-state index is -0.0837. The summed E-state index contributed by atoms with van der Waals surface area (Å²) in [6.07, 6.45) is 6.25. The van der Waals surface area contributed by atoms with Gasteiger partial charge in [-0.2, -0.15) is 0 Å². The zero-order chi connectivity index (χ0) is 22.7. The number of piperidine rings is 1. The summed E-state index contributed by atoms with van der Waals surface area (Å²) in [5, 5.41) is 7.42. The highest BCUT2D eigenvalue weighted by Gasteiger charge is 2.41. The van der Waals surface area contributed by atoms with Crippen molar-refractivity contribution in [3.05, 3.63) is 48.2 Å². The molecule has 1 aromatic heterocycles. The third kappa shape index (κ3) is 4.59. The van der Waals surface area contributed by atoms with E-state index in [0.717, 1.165) is 25.9 Å². The highest BCUT2D eigenvalue weighted by atomic mass is 16.2. The number of aromatic amines is 1. The summed E-state index contributed by atoms with van der Waals surface area (Å²) in [6.45, 7) is 11.1. The number of hydrogen-bond acceptors (Lipinski definition) is 4. The molecule has 32 heavy (non-hydrogen) atoms. The van der Waals surface area contributed by atoms with Gasteiger partial charge in [0.25, 0.3) is 0 Å². The first-order valence-electron chi connectivity index (χ1n) is 11.7. The summed E-state index contributed by atoms with van der Waals surface area (Å²) < 4.78 is 0. The van der Waals surface area contributed by atoms with Gasteiger partial charge in [-0.25, -0.2) is 4.79 Å². The van der Waals surface area contributed by atoms with Gasteiger partial charge in [0.15, 0.2) is 0 Å². The van der Waals surface area contributed by atoms with Crippen LogP contribution in [-0.4, -0.2) is 72.0 Å². The second kappa shape index (κ2) is 9.88. The lowest BCUT2D eigenvalue weighted by atomic mass is 9.72. The monoisotopic (exact) mass is 437 g/mol. The van der Waals surface area contributed by atoms with Crippen molar-refractivity contribution >= 4 is 22.7 Å². The van der Waals surface area contributed by atoms with Gasteiger partial charge >= 0.3 is 6.03 Å². The molecule has 1 saturated heterocycles. The van der Waals surface area contributed by atoms with Crippen LogP contribution in [-0.2, 0) is 11.2 Å². The van der Waals surface area contributed by atoms with Gasteiger partial charge in [0, 0.05) is 55.2 Å². The number of benzene rings is 1. The molecular weight excluding hydrogens is 402 g/mol. The van der Waals surface area contributed by atoms with E-state index < -0.39 is 0 Å². The summed E-state index contributed by atoms with van der Waals surface area (Å²) in [5.74, 6) is 0.840. The Morgan fingerprint density at radius 1 is 1.38 bits per heavy atom. The summed E-state index contributed by atoms with van der Waals surface area (Å²) in [6, 6.07) is 6.95. The maximum Gasteiger partial charge on any atom is 0.318 e. The quantitative estimate of drug-likeness (QED) is 0.416. The van der Waals surface area contributed by atoms with Gasteiger partial charge in [0.05, 0.1) is 13.2 Å². The Balaban J connectivity index is 1.56. The van der Waals surface area contributed by atoms with Crippen molar-refractivity contribution in [2.24, 2.45) is 5.92 Å². The van der Waals surface area contributed by atoms with Crippen LogP contribution in [0.15, 0.2) is 37.1 Å². The molecule has 2 aromatic rings. The van der Waals surface area contributed by atoms with Crippen LogP contribution in [0.1, 0.15) is 37.3 Å². The molecule has 172 valence electrons. The lowest BCUT2D eigenvalue weighted by Crippen LogP contribution is -2.54. The zero-order valence-electron chi connectivity index (χ0n) is 19.2. The van der Waals surface area contributed by atoms with Crippen LogP contribution in [0.4, 0.5) is 4.79 Å². The molecule has 7 nitrogen and oxygen atoms in total. The van der Waals surface area contributed by atoms with Gasteiger partial charge in [-0.05, 0) is 49.8 Å². The second-order valence-corrected chi connectivity index (χ2v) is 9.15. The smallest absolute Gasteiger partial charge is 0.318 e. The molecule has 1 aliphatic heterocycles. The van der Waals surface area contributed by atoms with Gasteiger partial charge in [0.2, 0.25) is 0 Å². The number of ketones is 1. The first-order valence-corrected chi connectivity index (χ1v) is 11.7. The number of nitrogens with zero attached hydrogens (tertiary/aromatic N) is 2. The number of amides is 2. The standard InChI is InChI=1S/C25H35N5O2/c1-4-9-29-14-18(15-30(25(32)27-5-2)16-26-12-17(3)31)10-21-20-7-6-8-22-24(20)19(13-28-22)11-23(21)29/h4,6-8,13,18,21,23,26,28H,1,5,9-12,14-16H2,2-3H3,(H,27,32)/t18-,21-,23-/m1/s1. The molecule has 1 aromatic carbocycles. The van der Waals surface area contributed by atoms with Gasteiger partial charge in [-0.1, -0.05) is 18.2 Å². The van der Waals surface area contributed by atoms with E-state index in [1.54, 1.807) is 6.92 Å². The van der Waals surface area contributed by atoms with Gasteiger partial charge < -0.3 is 15.2 Å². The topological polar surface area (TPSA) is 80.5 Å². The van der Waals surface area contributed by atoms with E-state index >= 15 is 0 Å². The number of Topliss-reactive ketones (excluding diaryl/α,β-unsaturated/α-hetero) is 1. The van der Waals surface area contributed by atoms with Crippen molar-refractivity contribution in [3.63, 3.8) is 0 Å². The number of hydrogen-bond donors (Lipinski definition) is 3. The molecule has 2 heterocycles. The highest BCUT2D eigenvalue weighted by Crippen LogP contribution is 2.44. The van der Waals surface area contributed by atoms with Crippen molar-refractivity contribution < 1.29 is 9.59 Å². The van der Waals surface area contributed by atoms with Gasteiger partial charge in [0.1, 0.15) is 5.78 Å². The Kier molecular flexibility index (Phi) is 6.96. The average molecular weight is 438 g/mol. The van der Waals surface area contributed by atoms with E-state index in [-0.39, 0.29) is 18.4 Å². The van der Waals surface area contributed by atoms with E-state index in [4.69, 9.17) is 0 Å². The predicted molar refractivity (Wildman–Crippen MR) is 128 cm³/mol. The van der Waals surface area contributed by atoms with Crippen molar-refractivity contribution in [3.8, 4) is 0 Å². The van der Waals surface area contributed by atoms with E-state index in [0.29, 0.717) is 37.6 Å². The molecule has 0 saturated carbocycles. The molecule has 2 aliphatic rings. The number of carbonyl (C=O) groups is 2. The third-order valence-corrected chi connectivity index (χ3v) is 6.80. The molecule has 4 rings (SSSR count). The molecule has 0 radical (unpaired) electrons. The molecule has 1 aliphatic carbocycles. The van der Waals surface area contributed by atoms with Crippen LogP contribution in [0.5, 0.6) is 0 Å². The SMILES string of the molecule is C=CCN1C[C@H](CN(CNCC(C)=O)C(=O)NCC)C[C@@H]2c3cccc4[nH]cc(c34)C[C@H]21. The van der Waals surface area contributed by atoms with Crippen molar-refractivity contribution in [2.75, 3.05) is 39.4 Å². The van der Waals surface area contributed by atoms with Crippen LogP contribution in [0.25, 0.3) is 10.9 Å². The molecule has 1 fully saturated rings. The van der Waals surface area contributed by atoms with Crippen LogP contribution in [0.2, 0.25) is 0 Å². The Labute approximate surface area is 190 Å². The molecule has 2 amide bonds. The summed E-state index contributed by atoms with van der Waals surface area (Å²) in [5.41, 5.74) is 4.04. The first kappa shape index (κ1) is 22.6. The van der Waals surface area contributed by atoms with Crippen LogP contribution in [0, 0.1) is 5.92 Å². The van der Waals surface area contributed by atoms with Crippen LogP contribution in [0.3, 0.4) is 0 Å². The van der Waals surface area contributed by atoms with Crippen molar-refractivity contribution in [1.29, 1.82) is 0 Å². The fourth-order valence-electron chi connectivity index (χ4n) is 5.57. The van der Waals surface area contributed by atoms with Crippen molar-refractivity contribution in [2.45, 2.75) is 38.6 Å². The number of carbonyl (C=O) groups excluding carboxylic acids is 2. The lowest BCUT2D eigenvalue weighted by molar-refractivity contribution is -0.116. The van der Waals surface area contributed by atoms with Crippen molar-refractivity contribution in [1.82, 2.24) is 25.4 Å². The lowest BCUT2D eigenvalue weighted by Gasteiger charge is -2.47. The molecule has 0 bridgehead atoms. The number of aromatic nitrogens is 1.